The van der Waals surface area contributed by atoms with Gasteiger partial charge in [0.1, 0.15) is 6.17 Å². The molecule has 11 heavy (non-hydrogen) atoms. The molecule has 0 aromatic heterocycles. The molecule has 0 aromatic carbocycles. The third-order valence-corrected chi connectivity index (χ3v) is 2.19. The van der Waals surface area contributed by atoms with E-state index >= 15 is 0 Å². The lowest BCUT2D eigenvalue weighted by molar-refractivity contribution is 0.171. The van der Waals surface area contributed by atoms with Crippen LogP contribution in [0.3, 0.4) is 0 Å². The van der Waals surface area contributed by atoms with Crippen molar-refractivity contribution in [3.63, 3.8) is 0 Å². The van der Waals surface area contributed by atoms with Crippen LogP contribution in [0.1, 0.15) is 26.7 Å². The monoisotopic (exact) mass is 154 g/mol. The molecule has 0 N–H and O–H groups in total. The van der Waals surface area contributed by atoms with E-state index < -0.39 is 0 Å². The standard InChI is InChI=1S/C9H18N2/c1-4-6-11-8-7-10(3)9(11)5-2/h7-9H,4-6H2,1-3H3. The third kappa shape index (κ3) is 1.67. The van der Waals surface area contributed by atoms with Gasteiger partial charge < -0.3 is 9.80 Å². The van der Waals surface area contributed by atoms with E-state index in [1.54, 1.807) is 0 Å². The van der Waals surface area contributed by atoms with E-state index in [-0.39, 0.29) is 0 Å². The minimum absolute atomic E-state index is 0.606. The van der Waals surface area contributed by atoms with Crippen LogP contribution in [-0.2, 0) is 0 Å². The summed E-state index contributed by atoms with van der Waals surface area (Å²) < 4.78 is 0. The van der Waals surface area contributed by atoms with Gasteiger partial charge in [0.05, 0.1) is 0 Å². The first-order valence-electron chi connectivity index (χ1n) is 4.45. The second-order valence-corrected chi connectivity index (χ2v) is 3.09. The Morgan fingerprint density at radius 1 is 1.27 bits per heavy atom. The Labute approximate surface area is 69.5 Å². The zero-order valence-electron chi connectivity index (χ0n) is 7.75. The Bertz CT molecular complexity index is 142. The second kappa shape index (κ2) is 3.65. The first-order chi connectivity index (χ1) is 5.29. The van der Waals surface area contributed by atoms with Gasteiger partial charge >= 0.3 is 0 Å². The molecule has 0 fully saturated rings. The van der Waals surface area contributed by atoms with Gasteiger partial charge in [-0.2, -0.15) is 0 Å². The summed E-state index contributed by atoms with van der Waals surface area (Å²) in [5, 5.41) is 0. The maximum absolute atomic E-state index is 2.40. The molecule has 1 rings (SSSR count). The average Bonchev–Trinajstić information content (AvgIpc) is 2.33. The molecule has 0 saturated carbocycles. The molecule has 0 bridgehead atoms. The number of hydrogen-bond acceptors (Lipinski definition) is 2. The molecule has 2 heteroatoms. The van der Waals surface area contributed by atoms with Crippen LogP contribution in [-0.4, -0.2) is 29.6 Å². The van der Waals surface area contributed by atoms with E-state index in [0.717, 1.165) is 0 Å². The molecule has 1 heterocycles. The summed E-state index contributed by atoms with van der Waals surface area (Å²) in [6, 6.07) is 0. The SMILES string of the molecule is CCCN1C=CN(C)C1CC. The molecule has 1 unspecified atom stereocenters. The predicted octanol–water partition coefficient (Wildman–Crippen LogP) is 1.85. The van der Waals surface area contributed by atoms with Gasteiger partial charge in [-0.3, -0.25) is 0 Å². The highest BCUT2D eigenvalue weighted by atomic mass is 15.4. The molecule has 1 atom stereocenters. The minimum Gasteiger partial charge on any atom is -0.359 e. The largest absolute Gasteiger partial charge is 0.359 e. The fraction of sp³-hybridized carbons (Fsp3) is 0.778. The Kier molecular flexibility index (Phi) is 2.80. The van der Waals surface area contributed by atoms with Crippen LogP contribution in [0.25, 0.3) is 0 Å². The lowest BCUT2D eigenvalue weighted by atomic mass is 10.3. The molecule has 1 aliphatic heterocycles. The lowest BCUT2D eigenvalue weighted by Crippen LogP contribution is -2.36. The van der Waals surface area contributed by atoms with Crippen LogP contribution < -0.4 is 0 Å². The average molecular weight is 154 g/mol. The molecule has 0 aromatic rings. The summed E-state index contributed by atoms with van der Waals surface area (Å²) in [7, 11) is 2.14. The predicted molar refractivity (Wildman–Crippen MR) is 48.0 cm³/mol. The topological polar surface area (TPSA) is 6.48 Å². The van der Waals surface area contributed by atoms with Crippen molar-refractivity contribution in [1.82, 2.24) is 9.80 Å². The van der Waals surface area contributed by atoms with E-state index in [1.165, 1.54) is 19.4 Å². The second-order valence-electron chi connectivity index (χ2n) is 3.09. The van der Waals surface area contributed by atoms with Gasteiger partial charge in [-0.05, 0) is 12.8 Å². The summed E-state index contributed by atoms with van der Waals surface area (Å²) in [6.07, 6.45) is 7.38. The van der Waals surface area contributed by atoms with Crippen molar-refractivity contribution in [3.05, 3.63) is 12.4 Å². The van der Waals surface area contributed by atoms with Crippen molar-refractivity contribution >= 4 is 0 Å². The van der Waals surface area contributed by atoms with Crippen LogP contribution in [0.15, 0.2) is 12.4 Å². The first kappa shape index (κ1) is 8.44. The summed E-state index contributed by atoms with van der Waals surface area (Å²) in [6.45, 7) is 5.63. The Morgan fingerprint density at radius 3 is 2.55 bits per heavy atom. The van der Waals surface area contributed by atoms with Gasteiger partial charge in [0.15, 0.2) is 0 Å². The zero-order chi connectivity index (χ0) is 8.27. The maximum Gasteiger partial charge on any atom is 0.100 e. The van der Waals surface area contributed by atoms with E-state index in [1.807, 2.05) is 0 Å². The fourth-order valence-electron chi connectivity index (χ4n) is 1.63. The van der Waals surface area contributed by atoms with Gasteiger partial charge in [-0.1, -0.05) is 13.8 Å². The fourth-order valence-corrected chi connectivity index (χ4v) is 1.63. The van der Waals surface area contributed by atoms with E-state index in [9.17, 15) is 0 Å². The third-order valence-electron chi connectivity index (χ3n) is 2.19. The molecule has 0 saturated heterocycles. The Hall–Kier alpha value is -0.660. The van der Waals surface area contributed by atoms with E-state index in [2.05, 4.69) is 43.1 Å². The van der Waals surface area contributed by atoms with Crippen molar-refractivity contribution in [2.75, 3.05) is 13.6 Å². The highest BCUT2D eigenvalue weighted by molar-refractivity contribution is 4.94. The van der Waals surface area contributed by atoms with Gasteiger partial charge in [-0.15, -0.1) is 0 Å². The molecule has 0 spiro atoms. The van der Waals surface area contributed by atoms with Crippen molar-refractivity contribution in [3.8, 4) is 0 Å². The summed E-state index contributed by atoms with van der Waals surface area (Å²) in [5.74, 6) is 0. The van der Waals surface area contributed by atoms with Crippen molar-refractivity contribution in [1.29, 1.82) is 0 Å². The summed E-state index contributed by atoms with van der Waals surface area (Å²) >= 11 is 0. The van der Waals surface area contributed by atoms with E-state index in [0.29, 0.717) is 6.17 Å². The van der Waals surface area contributed by atoms with Gasteiger partial charge in [0.2, 0.25) is 0 Å². The molecule has 0 radical (unpaired) electrons. The first-order valence-corrected chi connectivity index (χ1v) is 4.45. The van der Waals surface area contributed by atoms with Gasteiger partial charge in [0.25, 0.3) is 0 Å². The van der Waals surface area contributed by atoms with Crippen molar-refractivity contribution in [2.45, 2.75) is 32.9 Å². The molecule has 1 aliphatic rings. The van der Waals surface area contributed by atoms with Crippen LogP contribution in [0.4, 0.5) is 0 Å². The summed E-state index contributed by atoms with van der Waals surface area (Å²) in [5.41, 5.74) is 0. The highest BCUT2D eigenvalue weighted by Gasteiger charge is 2.19. The minimum atomic E-state index is 0.606. The molecule has 64 valence electrons. The Balaban J connectivity index is 2.46. The normalized spacial score (nSPS) is 23.4. The number of rotatable bonds is 3. The van der Waals surface area contributed by atoms with Crippen LogP contribution in [0.2, 0.25) is 0 Å². The molecular weight excluding hydrogens is 136 g/mol. The van der Waals surface area contributed by atoms with Crippen molar-refractivity contribution in [2.24, 2.45) is 0 Å². The highest BCUT2D eigenvalue weighted by Crippen LogP contribution is 2.16. The number of hydrogen-bond donors (Lipinski definition) is 0. The quantitative estimate of drug-likeness (QED) is 0.612. The van der Waals surface area contributed by atoms with Crippen LogP contribution in [0, 0.1) is 0 Å². The molecule has 0 aliphatic carbocycles. The maximum atomic E-state index is 2.40. The Morgan fingerprint density at radius 2 is 2.00 bits per heavy atom. The summed E-state index contributed by atoms with van der Waals surface area (Å²) in [4.78, 5) is 4.68. The molecular formula is C9H18N2. The van der Waals surface area contributed by atoms with Gasteiger partial charge in [0, 0.05) is 26.0 Å². The van der Waals surface area contributed by atoms with Crippen LogP contribution in [0.5, 0.6) is 0 Å². The van der Waals surface area contributed by atoms with Crippen LogP contribution >= 0.6 is 0 Å². The van der Waals surface area contributed by atoms with Crippen molar-refractivity contribution < 1.29 is 0 Å². The lowest BCUT2D eigenvalue weighted by Gasteiger charge is -2.29. The smallest absolute Gasteiger partial charge is 0.100 e. The number of nitrogens with zero attached hydrogens (tertiary/aromatic N) is 2. The van der Waals surface area contributed by atoms with Gasteiger partial charge in [-0.25, -0.2) is 0 Å². The molecule has 0 amide bonds. The molecule has 2 nitrogen and oxygen atoms in total. The zero-order valence-corrected chi connectivity index (χ0v) is 7.75. The van der Waals surface area contributed by atoms with E-state index in [4.69, 9.17) is 0 Å².